The van der Waals surface area contributed by atoms with Gasteiger partial charge in [0.15, 0.2) is 0 Å². The van der Waals surface area contributed by atoms with Crippen molar-refractivity contribution in [2.75, 3.05) is 20.1 Å². The molecule has 141 heavy (non-hydrogen) atoms. The molecule has 42 heteroatoms. The first-order valence-electron chi connectivity index (χ1n) is 47.8. The fraction of sp³-hybridized carbons (Fsp3) is 0.576. The molecule has 0 aliphatic carbocycles. The molecule has 42 nitrogen and oxygen atoms in total. The van der Waals surface area contributed by atoms with Gasteiger partial charge in [0.1, 0.15) is 71.2 Å². The molecule has 4 aromatic rings. The molecule has 2 heterocycles. The maximum Gasteiger partial charge on any atom is 0.303 e. The quantitative estimate of drug-likeness (QED) is 0.0216. The monoisotopic (exact) mass is 1970 g/mol. The summed E-state index contributed by atoms with van der Waals surface area (Å²) >= 11 is 0. The van der Waals surface area contributed by atoms with E-state index in [0.717, 1.165) is 0 Å². The molecular formula is C99H149N19O23. The number of phenolic OH excluding ortho intramolecular Hbond substituents is 1. The maximum atomic E-state index is 15.6. The second kappa shape index (κ2) is 58.1. The Bertz CT molecular complexity index is 5020. The van der Waals surface area contributed by atoms with Crippen LogP contribution in [0.4, 0.5) is 0 Å². The van der Waals surface area contributed by atoms with Crippen LogP contribution < -0.4 is 97.0 Å². The molecule has 0 bridgehead atoms. The third-order valence-corrected chi connectivity index (χ3v) is 24.1. The van der Waals surface area contributed by atoms with Gasteiger partial charge in [0.05, 0.1) is 41.6 Å². The molecular weight excluding hydrogens is 1820 g/mol. The van der Waals surface area contributed by atoms with Gasteiger partial charge < -0.3 is 117 Å². The van der Waals surface area contributed by atoms with Gasteiger partial charge in [-0.15, -0.1) is 0 Å². The molecule has 15 amide bonds. The van der Waals surface area contributed by atoms with Gasteiger partial charge in [-0.2, -0.15) is 0 Å². The van der Waals surface area contributed by atoms with E-state index in [9.17, 15) is 82.4 Å². The molecule has 1 aromatic heterocycles. The molecule has 0 fully saturated rings. The van der Waals surface area contributed by atoms with E-state index >= 15 is 28.8 Å². The van der Waals surface area contributed by atoms with Crippen LogP contribution in [0.2, 0.25) is 0 Å². The Kier molecular flexibility index (Phi) is 49.5. The number of hydrogen-bond acceptors (Lipinski definition) is 25. The Morgan fingerprint density at radius 2 is 1.08 bits per heavy atom. The number of carboxylic acids is 1. The number of allylic oxidation sites excluding steroid dienone is 2. The number of phenols is 1. The lowest BCUT2D eigenvalue weighted by Crippen LogP contribution is -2.65. The zero-order valence-electron chi connectivity index (χ0n) is 83.9. The van der Waals surface area contributed by atoms with Crippen LogP contribution in [-0.2, 0) is 115 Å². The molecule has 4 unspecified atom stereocenters. The molecule has 5 rings (SSSR count). The van der Waals surface area contributed by atoms with E-state index in [1.807, 2.05) is 12.2 Å². The van der Waals surface area contributed by atoms with Crippen LogP contribution in [0, 0.1) is 23.2 Å². The summed E-state index contributed by atoms with van der Waals surface area (Å²) in [4.78, 5) is 284. The lowest BCUT2D eigenvalue weighted by Gasteiger charge is -2.34. The summed E-state index contributed by atoms with van der Waals surface area (Å²) < 4.78 is 0. The van der Waals surface area contributed by atoms with Crippen molar-refractivity contribution in [1.82, 2.24) is 84.7 Å². The number of hydrogen-bond donors (Lipinski definition) is 22. The van der Waals surface area contributed by atoms with Crippen LogP contribution in [0.5, 0.6) is 5.75 Å². The van der Waals surface area contributed by atoms with Crippen molar-refractivity contribution in [2.45, 2.75) is 322 Å². The molecule has 0 radical (unpaired) electrons. The predicted octanol–water partition coefficient (Wildman–Crippen LogP) is 0.703. The molecule has 3 aromatic carbocycles. The van der Waals surface area contributed by atoms with Crippen LogP contribution >= 0.6 is 0 Å². The highest BCUT2D eigenvalue weighted by molar-refractivity contribution is 6.41. The van der Waals surface area contributed by atoms with Crippen molar-refractivity contribution in [3.05, 3.63) is 114 Å². The third kappa shape index (κ3) is 40.1. The number of Topliss-reactive ketones (excluding diaryl/α,β-unsaturated/α-hetero) is 4. The molecule has 1 aliphatic heterocycles. The standard InChI is InChI=1S/C98H144N18O23.CH5N/c1-53(2)45-66-51-102-70(39-41-76(99)120)82(126)81(125)57(7)105-88(132)75(49-65-50-101-69-34-28-27-33-68(65)69)111-89(133)73(48-64-35-37-67(119)38-36-64)110-87(131)71(40-42-77(121)122)113-95(139)98(16,116-91(135)74(47-63-31-25-24-26-32-63)112-92(136)78(61(11)117)114-90(134)72(46-54(3)4)109-62(12)118)44-30-23-21-19-17-18-20-22-29-43-97(15,115-86(66)130)94(138)108-60(10)85(129)107-59(9)84(128)106-58(8)83(127)104-56(6)80(124)79(123)55(5)103-52-96(13,14)93(100)137;1-2/h18,20,24-28,31-38,50,53-61,66,70-75,78,101-103,117,119H,17,19,21-23,29-30,39-49,51-52H2,1-16H3,(H2,99,120)(H2,100,137)(H,104,127)(H,105,132)(H,106,128)(H,107,129)(H,108,138)(H,109,118)(H,110,131)(H,111,133)(H,112,136)(H,113,139)(H,114,134)(H,115,130)(H,116,135)(H,121,122);2H2,1H3/b20-18+;/t55-,56-,57?,58?,59-,60?,61+,66+,70-,71-,72-,73?,74-,75-,78-,97-,98-;/m0./s1. The zero-order chi connectivity index (χ0) is 106. The predicted molar refractivity (Wildman–Crippen MR) is 525 cm³/mol. The van der Waals surface area contributed by atoms with Crippen LogP contribution in [0.1, 0.15) is 224 Å². The second-order valence-corrected chi connectivity index (χ2v) is 38.1. The second-order valence-electron chi connectivity index (χ2n) is 38.1. The number of aliphatic hydroxyl groups is 1. The number of aliphatic carboxylic acids is 1. The van der Waals surface area contributed by atoms with Crippen LogP contribution in [-0.4, -0.2) is 254 Å². The Balaban J connectivity index is 0.0000206. The summed E-state index contributed by atoms with van der Waals surface area (Å²) in [6, 6.07) is 1.06. The molecule has 0 saturated carbocycles. The van der Waals surface area contributed by atoms with Gasteiger partial charge in [-0.25, -0.2) is 0 Å². The van der Waals surface area contributed by atoms with Gasteiger partial charge >= 0.3 is 5.97 Å². The fourth-order valence-electron chi connectivity index (χ4n) is 15.4. The van der Waals surface area contributed by atoms with Crippen LogP contribution in [0.3, 0.4) is 0 Å². The van der Waals surface area contributed by atoms with Gasteiger partial charge in [0, 0.05) is 69.2 Å². The summed E-state index contributed by atoms with van der Waals surface area (Å²) in [7, 11) is 1.50. The summed E-state index contributed by atoms with van der Waals surface area (Å²) in [5.74, 6) is -21.0. The van der Waals surface area contributed by atoms with Gasteiger partial charge in [-0.1, -0.05) is 120 Å². The number of carbonyl (C=O) groups is 20. The number of aromatic nitrogens is 1. The number of para-hydroxylation sites is 1. The van der Waals surface area contributed by atoms with Gasteiger partial charge in [-0.3, -0.25) is 95.9 Å². The Morgan fingerprint density at radius 3 is 1.65 bits per heavy atom. The Morgan fingerprint density at radius 1 is 0.532 bits per heavy atom. The van der Waals surface area contributed by atoms with E-state index in [4.69, 9.17) is 11.5 Å². The van der Waals surface area contributed by atoms with Crippen LogP contribution in [0.25, 0.3) is 10.9 Å². The number of amides is 15. The number of aromatic hydroxyl groups is 1. The zero-order valence-corrected chi connectivity index (χ0v) is 83.9. The van der Waals surface area contributed by atoms with Crippen molar-refractivity contribution >= 4 is 129 Å². The van der Waals surface area contributed by atoms with E-state index in [1.165, 1.54) is 101 Å². The average molecular weight is 1970 g/mol. The molecule has 778 valence electrons. The lowest BCUT2D eigenvalue weighted by atomic mass is 9.89. The topological polar surface area (TPSA) is 676 Å². The van der Waals surface area contributed by atoms with Crippen molar-refractivity contribution in [1.29, 1.82) is 0 Å². The van der Waals surface area contributed by atoms with E-state index in [2.05, 4.69) is 90.5 Å². The first-order valence-corrected chi connectivity index (χ1v) is 47.8. The summed E-state index contributed by atoms with van der Waals surface area (Å²) in [6.45, 7) is 22.8. The number of carboxylic acid groups (broad SMARTS) is 1. The highest BCUT2D eigenvalue weighted by atomic mass is 16.4. The van der Waals surface area contributed by atoms with E-state index in [-0.39, 0.29) is 82.0 Å². The highest BCUT2D eigenvalue weighted by Gasteiger charge is 2.44. The fourth-order valence-corrected chi connectivity index (χ4v) is 15.4. The van der Waals surface area contributed by atoms with Crippen molar-refractivity contribution in [2.24, 2.45) is 40.4 Å². The molecule has 17 atom stereocenters. The summed E-state index contributed by atoms with van der Waals surface area (Å²) in [6.07, 6.45) is 2.87. The van der Waals surface area contributed by atoms with Crippen molar-refractivity contribution in [3.63, 3.8) is 0 Å². The minimum atomic E-state index is -2.08. The third-order valence-electron chi connectivity index (χ3n) is 24.1. The molecule has 0 spiro atoms. The number of H-pyrrole nitrogens is 1. The average Bonchev–Trinajstić information content (AvgIpc) is 1.79. The lowest BCUT2D eigenvalue weighted by molar-refractivity contribution is -0.140. The molecule has 0 saturated heterocycles. The minimum absolute atomic E-state index is 0.0390. The summed E-state index contributed by atoms with van der Waals surface area (Å²) in [5.41, 5.74) is 12.4. The van der Waals surface area contributed by atoms with E-state index in [1.54, 1.807) is 102 Å². The number of rotatable bonds is 39. The largest absolute Gasteiger partial charge is 0.508 e. The minimum Gasteiger partial charge on any atom is -0.508 e. The van der Waals surface area contributed by atoms with Crippen molar-refractivity contribution in [3.8, 4) is 5.75 Å². The van der Waals surface area contributed by atoms with E-state index < -0.39 is 257 Å². The number of nitrogens with two attached hydrogens (primary N) is 3. The van der Waals surface area contributed by atoms with E-state index in [0.29, 0.717) is 59.7 Å². The molecule has 1 aliphatic rings. The highest BCUT2D eigenvalue weighted by Crippen LogP contribution is 2.26. The number of ketones is 4. The SMILES string of the molecule is CC(=O)N[C@@H](CC(C)C)C(=O)N[C@H](C(=O)N[C@@H](Cc1ccccc1)C(=O)N[C@@]1(C)CCCCCC/C=C/CCC[C@@](C)(C(=O)NC(C)C(=O)N[C@@H](C)C(=O)NC(C)C(=O)N[C@@H](C)C(=O)C(=O)[C@H](C)NCC(C)(C)C(N)=O)NC(=O)[C@H](CC(C)C)CN[C@@H](CCC(N)=O)C(=O)C(=O)C(C)NC(=O)[C@H](Cc2c[nH]c3ccccc23)NC(=O)C(Cc2ccc(O)cc2)NC(=O)[C@H](CCC(=O)O)NC1=O)[C@@H](C)O.CN. The number of carbonyl (C=O) groups excluding carboxylic acids is 19. The molecule has 25 N–H and O–H groups in total. The smallest absolute Gasteiger partial charge is 0.303 e. The first-order chi connectivity index (χ1) is 66.1. The number of primary amides is 2. The summed E-state index contributed by atoms with van der Waals surface area (Å²) in [5, 5.41) is 72.0. The number of aliphatic hydroxyl groups excluding tert-OH is 1. The van der Waals surface area contributed by atoms with Crippen LogP contribution in [0.15, 0.2) is 97.2 Å². The van der Waals surface area contributed by atoms with Gasteiger partial charge in [0.2, 0.25) is 112 Å². The first kappa shape index (κ1) is 120. The number of fused-ring (bicyclic) bond motifs is 1. The Labute approximate surface area is 822 Å². The number of aromatic amines is 1. The number of benzene rings is 3. The Hall–Kier alpha value is -13.2. The maximum absolute atomic E-state index is 15.6. The van der Waals surface area contributed by atoms with Gasteiger partial charge in [-0.05, 0) is 194 Å². The normalized spacial score (nSPS) is 21.6. The van der Waals surface area contributed by atoms with Gasteiger partial charge in [0.25, 0.3) is 0 Å². The number of nitrogens with one attached hydrogen (secondary N) is 16. The van der Waals surface area contributed by atoms with Crippen molar-refractivity contribution < 1.29 is 111 Å².